The normalized spacial score (nSPS) is 30.9. The fourth-order valence-electron chi connectivity index (χ4n) is 3.65. The first-order valence-corrected chi connectivity index (χ1v) is 8.05. The summed E-state index contributed by atoms with van der Waals surface area (Å²) in [5.74, 6) is 0.572. The van der Waals surface area contributed by atoms with Crippen molar-refractivity contribution in [1.29, 1.82) is 0 Å². The molecule has 2 aromatic rings. The highest BCUT2D eigenvalue weighted by atomic mass is 79.9. The Kier molecular flexibility index (Phi) is 2.70. The van der Waals surface area contributed by atoms with Crippen molar-refractivity contribution in [2.45, 2.75) is 50.7 Å². The first-order chi connectivity index (χ1) is 9.89. The van der Waals surface area contributed by atoms with E-state index < -0.39 is 0 Å². The summed E-state index contributed by atoms with van der Waals surface area (Å²) in [6, 6.07) is 0. The smallest absolute Gasteiger partial charge is 0.259 e. The fraction of sp³-hybridized carbons (Fsp3) is 0.600. The average Bonchev–Trinajstić information content (AvgIpc) is 2.98. The minimum Gasteiger partial charge on any atom is -0.472 e. The SMILES string of the molecule is CC(C)Oc1nc(Br)cn2cc(C34COC(C)(C3)C4)nc12. The highest BCUT2D eigenvalue weighted by Crippen LogP contribution is 2.58. The molecule has 1 saturated carbocycles. The minimum atomic E-state index is 0.0614. The van der Waals surface area contributed by atoms with E-state index in [-0.39, 0.29) is 17.1 Å². The lowest BCUT2D eigenvalue weighted by Crippen LogP contribution is -2.45. The average molecular weight is 352 g/mol. The van der Waals surface area contributed by atoms with Crippen LogP contribution < -0.4 is 4.74 Å². The first kappa shape index (κ1) is 13.5. The van der Waals surface area contributed by atoms with E-state index in [0.717, 1.165) is 35.4 Å². The molecule has 5 nitrogen and oxygen atoms in total. The number of hydrogen-bond donors (Lipinski definition) is 0. The van der Waals surface area contributed by atoms with Crippen LogP contribution in [-0.2, 0) is 10.2 Å². The van der Waals surface area contributed by atoms with E-state index in [4.69, 9.17) is 14.5 Å². The summed E-state index contributed by atoms with van der Waals surface area (Å²) in [5.41, 5.74) is 2.01. The van der Waals surface area contributed by atoms with Gasteiger partial charge in [-0.3, -0.25) is 4.40 Å². The van der Waals surface area contributed by atoms with Crippen LogP contribution in [0.5, 0.6) is 5.88 Å². The Hall–Kier alpha value is -1.14. The van der Waals surface area contributed by atoms with Gasteiger partial charge in [0.25, 0.3) is 5.88 Å². The topological polar surface area (TPSA) is 48.7 Å². The third-order valence-electron chi connectivity index (χ3n) is 4.39. The van der Waals surface area contributed by atoms with Gasteiger partial charge in [0.1, 0.15) is 4.60 Å². The number of halogens is 1. The first-order valence-electron chi connectivity index (χ1n) is 7.26. The molecule has 6 heteroatoms. The number of hydrogen-bond acceptors (Lipinski definition) is 4. The molecule has 4 heterocycles. The zero-order valence-electron chi connectivity index (χ0n) is 12.4. The zero-order valence-corrected chi connectivity index (χ0v) is 14.0. The molecule has 0 atom stereocenters. The summed E-state index contributed by atoms with van der Waals surface area (Å²) < 4.78 is 14.4. The number of rotatable bonds is 3. The lowest BCUT2D eigenvalue weighted by molar-refractivity contribution is 0.0154. The van der Waals surface area contributed by atoms with E-state index >= 15 is 0 Å². The van der Waals surface area contributed by atoms with Crippen LogP contribution in [0, 0.1) is 0 Å². The van der Waals surface area contributed by atoms with Gasteiger partial charge in [-0.25, -0.2) is 9.97 Å². The number of imidazole rings is 1. The Morgan fingerprint density at radius 3 is 2.71 bits per heavy atom. The highest BCUT2D eigenvalue weighted by molar-refractivity contribution is 9.10. The molecule has 2 aliphatic heterocycles. The van der Waals surface area contributed by atoms with Crippen molar-refractivity contribution in [2.24, 2.45) is 0 Å². The van der Waals surface area contributed by atoms with Crippen molar-refractivity contribution >= 4 is 21.6 Å². The van der Waals surface area contributed by atoms with Gasteiger partial charge in [0.2, 0.25) is 5.65 Å². The minimum absolute atomic E-state index is 0.0614. The molecule has 5 rings (SSSR count). The molecule has 21 heavy (non-hydrogen) atoms. The molecule has 2 saturated heterocycles. The zero-order chi connectivity index (χ0) is 14.8. The number of fused-ring (bicyclic) bond motifs is 2. The Balaban J connectivity index is 1.80. The van der Waals surface area contributed by atoms with Gasteiger partial charge < -0.3 is 9.47 Å². The van der Waals surface area contributed by atoms with Crippen LogP contribution in [0.2, 0.25) is 0 Å². The van der Waals surface area contributed by atoms with Crippen LogP contribution in [0.25, 0.3) is 5.65 Å². The molecule has 0 spiro atoms. The standard InChI is InChI=1S/C15H18BrN3O2/c1-9(2)21-13-12-17-10(4-19(12)5-11(16)18-13)15-6-14(3,7-15)20-8-15/h4-5,9H,6-8H2,1-3H3. The Morgan fingerprint density at radius 1 is 1.33 bits per heavy atom. The molecule has 2 bridgehead atoms. The lowest BCUT2D eigenvalue weighted by atomic mass is 9.62. The molecule has 3 aliphatic rings. The van der Waals surface area contributed by atoms with E-state index in [2.05, 4.69) is 34.0 Å². The van der Waals surface area contributed by atoms with Crippen molar-refractivity contribution in [3.05, 3.63) is 22.7 Å². The third-order valence-corrected chi connectivity index (χ3v) is 4.77. The molecular formula is C15H18BrN3O2. The van der Waals surface area contributed by atoms with Crippen molar-refractivity contribution in [3.8, 4) is 5.88 Å². The second-order valence-electron chi connectivity index (χ2n) is 6.76. The summed E-state index contributed by atoms with van der Waals surface area (Å²) in [4.78, 5) is 9.21. The molecule has 0 amide bonds. The molecule has 0 N–H and O–H groups in total. The molecular weight excluding hydrogens is 334 g/mol. The van der Waals surface area contributed by atoms with E-state index in [0.29, 0.717) is 5.88 Å². The predicted molar refractivity (Wildman–Crippen MR) is 81.7 cm³/mol. The van der Waals surface area contributed by atoms with Gasteiger partial charge in [-0.15, -0.1) is 0 Å². The lowest BCUT2D eigenvalue weighted by Gasteiger charge is -2.41. The van der Waals surface area contributed by atoms with Crippen LogP contribution in [0.15, 0.2) is 17.0 Å². The van der Waals surface area contributed by atoms with Crippen molar-refractivity contribution in [3.63, 3.8) is 0 Å². The van der Waals surface area contributed by atoms with Crippen molar-refractivity contribution < 1.29 is 9.47 Å². The van der Waals surface area contributed by atoms with E-state index in [1.807, 2.05) is 24.4 Å². The van der Waals surface area contributed by atoms with Gasteiger partial charge in [-0.1, -0.05) is 0 Å². The number of nitrogens with zero attached hydrogens (tertiary/aromatic N) is 3. The Labute approximate surface area is 131 Å². The molecule has 0 aromatic carbocycles. The van der Waals surface area contributed by atoms with Crippen LogP contribution in [0.3, 0.4) is 0 Å². The maximum atomic E-state index is 5.88. The monoisotopic (exact) mass is 351 g/mol. The molecule has 0 radical (unpaired) electrons. The number of aromatic nitrogens is 3. The van der Waals surface area contributed by atoms with Gasteiger partial charge >= 0.3 is 0 Å². The second-order valence-corrected chi connectivity index (χ2v) is 7.58. The van der Waals surface area contributed by atoms with Crippen LogP contribution in [0.1, 0.15) is 39.3 Å². The summed E-state index contributed by atoms with van der Waals surface area (Å²) in [5, 5.41) is 0. The maximum absolute atomic E-state index is 5.88. The van der Waals surface area contributed by atoms with Crippen molar-refractivity contribution in [1.82, 2.24) is 14.4 Å². The van der Waals surface area contributed by atoms with E-state index in [1.54, 1.807) is 0 Å². The van der Waals surface area contributed by atoms with Crippen LogP contribution >= 0.6 is 15.9 Å². The quantitative estimate of drug-likeness (QED) is 0.852. The third kappa shape index (κ3) is 1.99. The summed E-state index contributed by atoms with van der Waals surface area (Å²) in [6.45, 7) is 6.93. The molecule has 1 aliphatic carbocycles. The second kappa shape index (κ2) is 4.20. The van der Waals surface area contributed by atoms with Crippen LogP contribution in [0.4, 0.5) is 0 Å². The fourth-order valence-corrected chi connectivity index (χ4v) is 4.03. The maximum Gasteiger partial charge on any atom is 0.259 e. The van der Waals surface area contributed by atoms with Gasteiger partial charge in [0.05, 0.1) is 24.0 Å². The van der Waals surface area contributed by atoms with E-state index in [1.165, 1.54) is 0 Å². The number of ether oxygens (including phenoxy) is 2. The van der Waals surface area contributed by atoms with Crippen LogP contribution in [-0.4, -0.2) is 32.7 Å². The van der Waals surface area contributed by atoms with Crippen molar-refractivity contribution in [2.75, 3.05) is 6.61 Å². The molecule has 112 valence electrons. The molecule has 0 unspecified atom stereocenters. The summed E-state index contributed by atoms with van der Waals surface area (Å²) in [7, 11) is 0. The predicted octanol–water partition coefficient (Wildman–Crippen LogP) is 3.10. The van der Waals surface area contributed by atoms with Gasteiger partial charge in [0, 0.05) is 17.8 Å². The molecule has 2 aromatic heterocycles. The van der Waals surface area contributed by atoms with Gasteiger partial charge in [-0.2, -0.15) is 0 Å². The largest absolute Gasteiger partial charge is 0.472 e. The Bertz CT molecular complexity index is 719. The Morgan fingerprint density at radius 2 is 2.10 bits per heavy atom. The highest BCUT2D eigenvalue weighted by Gasteiger charge is 2.61. The summed E-state index contributed by atoms with van der Waals surface area (Å²) >= 11 is 3.43. The van der Waals surface area contributed by atoms with E-state index in [9.17, 15) is 0 Å². The molecule has 3 fully saturated rings. The summed E-state index contributed by atoms with van der Waals surface area (Å²) in [6.07, 6.45) is 6.18. The van der Waals surface area contributed by atoms with Gasteiger partial charge in [-0.05, 0) is 49.5 Å². The van der Waals surface area contributed by atoms with Gasteiger partial charge in [0.15, 0.2) is 0 Å².